The minimum atomic E-state index is -4.59. The zero-order valence-electron chi connectivity index (χ0n) is 23.0. The summed E-state index contributed by atoms with van der Waals surface area (Å²) in [7, 11) is -4.25. The maximum atomic E-state index is 13.7. The van der Waals surface area contributed by atoms with Crippen LogP contribution in [0.1, 0.15) is 45.7 Å². The molecule has 0 amide bonds. The first kappa shape index (κ1) is 31.7. The third-order valence-electron chi connectivity index (χ3n) is 5.93. The zero-order valence-corrected chi connectivity index (χ0v) is 24.6. The van der Waals surface area contributed by atoms with Crippen LogP contribution in [0.4, 0.5) is 19.1 Å². The number of ether oxygens (including phenoxy) is 4. The van der Waals surface area contributed by atoms with Gasteiger partial charge in [0.05, 0.1) is 23.8 Å². The Kier molecular flexibility index (Phi) is 9.74. The van der Waals surface area contributed by atoms with Crippen LogP contribution in [0.25, 0.3) is 11.5 Å². The SMILES string of the molecule is CCOC[C@@H]1COc2c(OCC(F)(F)F)ccnc2-c2nnc(NS(=O)(=O)[C@@H](C)[C@@H](OC(C)C)c3ncc(Cl)cn3)n21. The summed E-state index contributed by atoms with van der Waals surface area (Å²) in [6.07, 6.45) is -2.15. The highest BCUT2D eigenvalue weighted by Crippen LogP contribution is 2.41. The number of fused-ring (bicyclic) bond motifs is 3. The second kappa shape index (κ2) is 12.9. The van der Waals surface area contributed by atoms with Gasteiger partial charge >= 0.3 is 6.18 Å². The van der Waals surface area contributed by atoms with Crippen LogP contribution < -0.4 is 14.2 Å². The minimum absolute atomic E-state index is 0.00949. The molecule has 13 nitrogen and oxygen atoms in total. The maximum Gasteiger partial charge on any atom is 0.422 e. The van der Waals surface area contributed by atoms with Crippen molar-refractivity contribution in [2.75, 3.05) is 31.1 Å². The maximum absolute atomic E-state index is 13.7. The molecule has 3 aromatic rings. The van der Waals surface area contributed by atoms with Gasteiger partial charge in [-0.2, -0.15) is 13.2 Å². The van der Waals surface area contributed by atoms with Crippen LogP contribution in [0, 0.1) is 0 Å². The van der Waals surface area contributed by atoms with Gasteiger partial charge in [-0.15, -0.1) is 10.2 Å². The smallest absolute Gasteiger partial charge is 0.422 e. The van der Waals surface area contributed by atoms with Gasteiger partial charge in [-0.25, -0.2) is 23.4 Å². The fourth-order valence-electron chi connectivity index (χ4n) is 4.03. The van der Waals surface area contributed by atoms with E-state index in [0.29, 0.717) is 6.61 Å². The van der Waals surface area contributed by atoms with Crippen molar-refractivity contribution in [1.82, 2.24) is 29.7 Å². The van der Waals surface area contributed by atoms with E-state index >= 15 is 0 Å². The number of rotatable bonds is 12. The standard InChI is InChI=1S/C24H29ClF3N7O6S/c1-5-38-10-16-11-39-20-17(40-12-24(26,27)28)6-7-29-18(20)22-32-33-23(35(16)22)34-42(36,37)14(4)19(41-13(2)3)21-30-8-15(25)9-31-21/h6-9,13-14,16,19H,5,10-12H2,1-4H3,(H,33,34)/t14-,16+,19+/m0/s1. The van der Waals surface area contributed by atoms with Crippen molar-refractivity contribution in [1.29, 1.82) is 0 Å². The first-order valence-corrected chi connectivity index (χ1v) is 14.7. The number of nitrogens with one attached hydrogen (secondary N) is 1. The number of alkyl halides is 3. The number of anilines is 1. The number of halogens is 4. The first-order chi connectivity index (χ1) is 19.8. The van der Waals surface area contributed by atoms with E-state index in [-0.39, 0.29) is 59.1 Å². The normalized spacial score (nSPS) is 16.6. The highest BCUT2D eigenvalue weighted by molar-refractivity contribution is 7.93. The van der Waals surface area contributed by atoms with E-state index in [1.165, 1.54) is 36.1 Å². The van der Waals surface area contributed by atoms with Gasteiger partial charge in [0.25, 0.3) is 0 Å². The molecule has 0 aliphatic carbocycles. The van der Waals surface area contributed by atoms with Crippen LogP contribution in [0.2, 0.25) is 5.02 Å². The molecule has 0 spiro atoms. The highest BCUT2D eigenvalue weighted by atomic mass is 35.5. The van der Waals surface area contributed by atoms with Gasteiger partial charge in [0.15, 0.2) is 35.4 Å². The number of nitrogens with zero attached hydrogens (tertiary/aromatic N) is 6. The lowest BCUT2D eigenvalue weighted by Gasteiger charge is -2.26. The average Bonchev–Trinajstić information content (AvgIpc) is 3.24. The van der Waals surface area contributed by atoms with E-state index in [1.807, 2.05) is 0 Å². The molecular formula is C24H29ClF3N7O6S. The van der Waals surface area contributed by atoms with Crippen LogP contribution in [0.3, 0.4) is 0 Å². The van der Waals surface area contributed by atoms with Gasteiger partial charge in [0.2, 0.25) is 16.0 Å². The Bertz CT molecular complexity index is 1470. The van der Waals surface area contributed by atoms with Gasteiger partial charge in [0.1, 0.15) is 18.0 Å². The number of aromatic nitrogens is 6. The lowest BCUT2D eigenvalue weighted by molar-refractivity contribution is -0.153. The fourth-order valence-corrected chi connectivity index (χ4v) is 5.22. The van der Waals surface area contributed by atoms with E-state index in [4.69, 9.17) is 30.5 Å². The highest BCUT2D eigenvalue weighted by Gasteiger charge is 2.38. The van der Waals surface area contributed by atoms with Gasteiger partial charge in [-0.05, 0) is 27.7 Å². The van der Waals surface area contributed by atoms with Crippen LogP contribution in [-0.2, 0) is 19.5 Å². The van der Waals surface area contributed by atoms with Crippen LogP contribution in [-0.4, -0.2) is 82.1 Å². The van der Waals surface area contributed by atoms with Crippen LogP contribution >= 0.6 is 11.6 Å². The van der Waals surface area contributed by atoms with E-state index in [9.17, 15) is 21.6 Å². The Morgan fingerprint density at radius 1 is 1.19 bits per heavy atom. The number of sulfonamides is 1. The predicted molar refractivity (Wildman–Crippen MR) is 144 cm³/mol. The third kappa shape index (κ3) is 7.37. The van der Waals surface area contributed by atoms with Crippen LogP contribution in [0.5, 0.6) is 11.5 Å². The van der Waals surface area contributed by atoms with E-state index in [2.05, 4.69) is 29.9 Å². The van der Waals surface area contributed by atoms with Crippen molar-refractivity contribution in [3.63, 3.8) is 0 Å². The predicted octanol–water partition coefficient (Wildman–Crippen LogP) is 3.99. The molecule has 4 heterocycles. The molecule has 0 fully saturated rings. The summed E-state index contributed by atoms with van der Waals surface area (Å²) in [4.78, 5) is 12.5. The van der Waals surface area contributed by atoms with Gasteiger partial charge in [-0.3, -0.25) is 9.29 Å². The molecule has 1 N–H and O–H groups in total. The molecule has 0 radical (unpaired) electrons. The molecule has 1 aliphatic heterocycles. The summed E-state index contributed by atoms with van der Waals surface area (Å²) in [5.74, 6) is -0.357. The molecule has 0 unspecified atom stereocenters. The van der Waals surface area contributed by atoms with Crippen molar-refractivity contribution < 1.29 is 40.5 Å². The summed E-state index contributed by atoms with van der Waals surface area (Å²) in [5, 5.41) is 7.20. The molecule has 3 atom stereocenters. The van der Waals surface area contributed by atoms with Crippen molar-refractivity contribution in [2.24, 2.45) is 0 Å². The van der Waals surface area contributed by atoms with Crippen molar-refractivity contribution in [3.8, 4) is 23.0 Å². The molecule has 3 aromatic heterocycles. The molecule has 1 aliphatic rings. The number of pyridine rings is 1. The summed E-state index contributed by atoms with van der Waals surface area (Å²) in [5.41, 5.74) is 0.00949. The van der Waals surface area contributed by atoms with Crippen molar-refractivity contribution in [3.05, 3.63) is 35.5 Å². The third-order valence-corrected chi connectivity index (χ3v) is 7.82. The minimum Gasteiger partial charge on any atom is -0.485 e. The van der Waals surface area contributed by atoms with Crippen LogP contribution in [0.15, 0.2) is 24.7 Å². The number of hydrogen-bond donors (Lipinski definition) is 1. The second-order valence-corrected chi connectivity index (χ2v) is 11.9. The molecule has 4 rings (SSSR count). The molecule has 42 heavy (non-hydrogen) atoms. The summed E-state index contributed by atoms with van der Waals surface area (Å²) >= 11 is 5.90. The summed E-state index contributed by atoms with van der Waals surface area (Å²) < 4.78 is 92.1. The Morgan fingerprint density at radius 3 is 2.55 bits per heavy atom. The Labute approximate surface area is 244 Å². The molecule has 0 saturated heterocycles. The lowest BCUT2D eigenvalue weighted by Crippen LogP contribution is -2.35. The molecule has 230 valence electrons. The first-order valence-electron chi connectivity index (χ1n) is 12.8. The quantitative estimate of drug-likeness (QED) is 0.307. The molecular weight excluding hydrogens is 607 g/mol. The van der Waals surface area contributed by atoms with E-state index in [1.54, 1.807) is 20.8 Å². The van der Waals surface area contributed by atoms with Gasteiger partial charge in [0, 0.05) is 31.3 Å². The largest absolute Gasteiger partial charge is 0.485 e. The van der Waals surface area contributed by atoms with Gasteiger partial charge in [-0.1, -0.05) is 11.6 Å². The van der Waals surface area contributed by atoms with E-state index in [0.717, 1.165) is 0 Å². The zero-order chi connectivity index (χ0) is 30.7. The Balaban J connectivity index is 1.72. The molecule has 0 aromatic carbocycles. The van der Waals surface area contributed by atoms with Gasteiger partial charge < -0.3 is 18.9 Å². The molecule has 0 bridgehead atoms. The van der Waals surface area contributed by atoms with Crippen molar-refractivity contribution in [2.45, 2.75) is 57.4 Å². The summed E-state index contributed by atoms with van der Waals surface area (Å²) in [6, 6.07) is 0.530. The average molecular weight is 636 g/mol. The monoisotopic (exact) mass is 635 g/mol. The fraction of sp³-hybridized carbons (Fsp3) is 0.542. The topological polar surface area (TPSA) is 152 Å². The van der Waals surface area contributed by atoms with E-state index < -0.39 is 40.2 Å². The molecule has 0 saturated carbocycles. The Hall–Kier alpha value is -3.28. The lowest BCUT2D eigenvalue weighted by atomic mass is 10.2. The van der Waals surface area contributed by atoms with Crippen molar-refractivity contribution >= 4 is 27.6 Å². The Morgan fingerprint density at radius 2 is 1.90 bits per heavy atom. The number of hydrogen-bond acceptors (Lipinski definition) is 11. The summed E-state index contributed by atoms with van der Waals surface area (Å²) in [6.45, 7) is 5.34. The molecule has 18 heteroatoms. The second-order valence-electron chi connectivity index (χ2n) is 9.45.